The van der Waals surface area contributed by atoms with Gasteiger partial charge in [0, 0.05) is 5.54 Å². The van der Waals surface area contributed by atoms with Crippen LogP contribution in [-0.4, -0.2) is 18.3 Å². The van der Waals surface area contributed by atoms with Gasteiger partial charge in [-0.05, 0) is 32.2 Å². The second kappa shape index (κ2) is 1.69. The van der Waals surface area contributed by atoms with Crippen LogP contribution in [0.25, 0.3) is 0 Å². The van der Waals surface area contributed by atoms with Crippen LogP contribution in [0.5, 0.6) is 0 Å². The van der Waals surface area contributed by atoms with Crippen molar-refractivity contribution in [1.82, 2.24) is 5.32 Å². The third-order valence-corrected chi connectivity index (χ3v) is 2.72. The van der Waals surface area contributed by atoms with Crippen LogP contribution >= 0.6 is 0 Å². The van der Waals surface area contributed by atoms with Crippen LogP contribution in [0, 0.1) is 0 Å². The normalized spacial score (nSPS) is 49.7. The molecule has 2 aliphatic rings. The number of hydrogen-bond acceptors (Lipinski definition) is 1. The molecular formula is C7H12FN. The molecule has 1 aliphatic heterocycles. The van der Waals surface area contributed by atoms with Crippen molar-refractivity contribution in [3.63, 3.8) is 0 Å². The van der Waals surface area contributed by atoms with Gasteiger partial charge in [0.25, 0.3) is 0 Å². The fourth-order valence-corrected chi connectivity index (χ4v) is 1.91. The molecule has 2 rings (SSSR count). The van der Waals surface area contributed by atoms with Gasteiger partial charge in [0.15, 0.2) is 0 Å². The number of nitrogens with one attached hydrogen (secondary N) is 1. The molecule has 1 N–H and O–H groups in total. The summed E-state index contributed by atoms with van der Waals surface area (Å²) in [5.41, 5.74) is -0.0417. The second-order valence-corrected chi connectivity index (χ2v) is 3.19. The van der Waals surface area contributed by atoms with Gasteiger partial charge in [-0.25, -0.2) is 4.39 Å². The van der Waals surface area contributed by atoms with Crippen LogP contribution in [-0.2, 0) is 0 Å². The minimum atomic E-state index is -0.542. The highest BCUT2D eigenvalue weighted by molar-refractivity contribution is 5.06. The van der Waals surface area contributed by atoms with E-state index in [-0.39, 0.29) is 5.54 Å². The molecule has 1 nitrogen and oxygen atoms in total. The highest BCUT2D eigenvalue weighted by atomic mass is 19.1. The van der Waals surface area contributed by atoms with Crippen LogP contribution in [0.15, 0.2) is 0 Å². The molecule has 0 aromatic heterocycles. The zero-order valence-electron chi connectivity index (χ0n) is 5.49. The summed E-state index contributed by atoms with van der Waals surface area (Å²) < 4.78 is 12.8. The van der Waals surface area contributed by atoms with E-state index in [0.29, 0.717) is 0 Å². The predicted molar refractivity (Wildman–Crippen MR) is 34.1 cm³/mol. The Morgan fingerprint density at radius 1 is 1.44 bits per heavy atom. The van der Waals surface area contributed by atoms with Crippen molar-refractivity contribution in [2.45, 2.75) is 37.4 Å². The molecule has 0 aromatic carbocycles. The van der Waals surface area contributed by atoms with Crippen LogP contribution in [0.1, 0.15) is 25.7 Å². The molecule has 1 saturated carbocycles. The van der Waals surface area contributed by atoms with Crippen molar-refractivity contribution in [3.8, 4) is 0 Å². The lowest BCUT2D eigenvalue weighted by molar-refractivity contribution is 0.0598. The van der Waals surface area contributed by atoms with E-state index in [4.69, 9.17) is 0 Å². The van der Waals surface area contributed by atoms with Gasteiger partial charge in [0.2, 0.25) is 0 Å². The number of hydrogen-bond donors (Lipinski definition) is 1. The van der Waals surface area contributed by atoms with E-state index in [9.17, 15) is 4.39 Å². The Bertz CT molecular complexity index is 118. The summed E-state index contributed by atoms with van der Waals surface area (Å²) in [6.45, 7) is 1.03. The molecule has 1 aliphatic carbocycles. The van der Waals surface area contributed by atoms with Crippen LogP contribution < -0.4 is 5.32 Å². The maximum absolute atomic E-state index is 12.8. The standard InChI is InChI=1S/C7H12FN/c8-6-2-4-7(6)3-1-5-9-7/h6,9H,1-5H2. The van der Waals surface area contributed by atoms with E-state index in [1.54, 1.807) is 0 Å². The Morgan fingerprint density at radius 2 is 2.33 bits per heavy atom. The van der Waals surface area contributed by atoms with Gasteiger partial charge < -0.3 is 5.32 Å². The molecule has 1 saturated heterocycles. The van der Waals surface area contributed by atoms with Crippen LogP contribution in [0.4, 0.5) is 4.39 Å². The molecule has 2 unspecified atom stereocenters. The quantitative estimate of drug-likeness (QED) is 0.519. The summed E-state index contributed by atoms with van der Waals surface area (Å²) in [5, 5.41) is 3.24. The van der Waals surface area contributed by atoms with Crippen LogP contribution in [0.3, 0.4) is 0 Å². The van der Waals surface area contributed by atoms with E-state index in [2.05, 4.69) is 5.32 Å². The Hall–Kier alpha value is -0.110. The van der Waals surface area contributed by atoms with Gasteiger partial charge in [-0.1, -0.05) is 0 Å². The SMILES string of the molecule is FC1CCC12CCCN2. The summed E-state index contributed by atoms with van der Waals surface area (Å²) in [6, 6.07) is 0. The molecule has 1 spiro atoms. The van der Waals surface area contributed by atoms with Gasteiger partial charge >= 0.3 is 0 Å². The van der Waals surface area contributed by atoms with Gasteiger partial charge in [-0.2, -0.15) is 0 Å². The average Bonchev–Trinajstić information content (AvgIpc) is 2.34. The third-order valence-electron chi connectivity index (χ3n) is 2.72. The summed E-state index contributed by atoms with van der Waals surface area (Å²) >= 11 is 0. The van der Waals surface area contributed by atoms with Crippen LogP contribution in [0.2, 0.25) is 0 Å². The molecule has 0 amide bonds. The predicted octanol–water partition coefficient (Wildman–Crippen LogP) is 1.24. The molecule has 1 heterocycles. The Labute approximate surface area is 54.6 Å². The maximum Gasteiger partial charge on any atom is 0.118 e. The van der Waals surface area contributed by atoms with E-state index in [1.165, 1.54) is 6.42 Å². The summed E-state index contributed by atoms with van der Waals surface area (Å²) in [4.78, 5) is 0. The fourth-order valence-electron chi connectivity index (χ4n) is 1.91. The van der Waals surface area contributed by atoms with Gasteiger partial charge in [0.1, 0.15) is 6.17 Å². The lowest BCUT2D eigenvalue weighted by Crippen LogP contribution is -2.56. The number of alkyl halides is 1. The molecular weight excluding hydrogens is 117 g/mol. The molecule has 0 radical (unpaired) electrons. The molecule has 9 heavy (non-hydrogen) atoms. The average molecular weight is 129 g/mol. The van der Waals surface area contributed by atoms with Gasteiger partial charge in [0.05, 0.1) is 0 Å². The van der Waals surface area contributed by atoms with Crippen molar-refractivity contribution in [1.29, 1.82) is 0 Å². The zero-order chi connectivity index (χ0) is 6.32. The molecule has 2 fully saturated rings. The lowest BCUT2D eigenvalue weighted by Gasteiger charge is -2.42. The summed E-state index contributed by atoms with van der Waals surface area (Å²) in [5.74, 6) is 0. The molecule has 2 heteroatoms. The maximum atomic E-state index is 12.8. The highest BCUT2D eigenvalue weighted by Gasteiger charge is 2.48. The Balaban J connectivity index is 2.06. The van der Waals surface area contributed by atoms with Crippen molar-refractivity contribution < 1.29 is 4.39 Å². The first-order valence-electron chi connectivity index (χ1n) is 3.73. The van der Waals surface area contributed by atoms with E-state index in [1.807, 2.05) is 0 Å². The molecule has 0 aromatic rings. The van der Waals surface area contributed by atoms with Crippen molar-refractivity contribution in [2.24, 2.45) is 0 Å². The topological polar surface area (TPSA) is 12.0 Å². The van der Waals surface area contributed by atoms with Crippen molar-refractivity contribution in [3.05, 3.63) is 0 Å². The van der Waals surface area contributed by atoms with Gasteiger partial charge in [-0.3, -0.25) is 0 Å². The fraction of sp³-hybridized carbons (Fsp3) is 1.00. The number of rotatable bonds is 0. The van der Waals surface area contributed by atoms with E-state index in [0.717, 1.165) is 25.8 Å². The number of halogens is 1. The van der Waals surface area contributed by atoms with E-state index < -0.39 is 6.17 Å². The third kappa shape index (κ3) is 0.627. The van der Waals surface area contributed by atoms with Gasteiger partial charge in [-0.15, -0.1) is 0 Å². The summed E-state index contributed by atoms with van der Waals surface area (Å²) in [6.07, 6.45) is 3.54. The highest BCUT2D eigenvalue weighted by Crippen LogP contribution is 2.41. The first kappa shape index (κ1) is 5.66. The summed E-state index contributed by atoms with van der Waals surface area (Å²) in [7, 11) is 0. The van der Waals surface area contributed by atoms with Crippen molar-refractivity contribution >= 4 is 0 Å². The monoisotopic (exact) mass is 129 g/mol. The molecule has 0 bridgehead atoms. The second-order valence-electron chi connectivity index (χ2n) is 3.19. The minimum Gasteiger partial charge on any atom is -0.309 e. The molecule has 52 valence electrons. The Kier molecular flexibility index (Phi) is 1.06. The van der Waals surface area contributed by atoms with Crippen molar-refractivity contribution in [2.75, 3.05) is 6.54 Å². The smallest absolute Gasteiger partial charge is 0.118 e. The van der Waals surface area contributed by atoms with E-state index >= 15 is 0 Å². The zero-order valence-corrected chi connectivity index (χ0v) is 5.49. The minimum absolute atomic E-state index is 0.0417. The largest absolute Gasteiger partial charge is 0.309 e. The lowest BCUT2D eigenvalue weighted by atomic mass is 9.74. The first-order valence-corrected chi connectivity index (χ1v) is 3.73. The molecule has 2 atom stereocenters. The first-order chi connectivity index (χ1) is 4.33. The Morgan fingerprint density at radius 3 is 2.56 bits per heavy atom.